The SMILES string of the molecule is CCN(C(=O)NCc1cc(-c2ccc(C)cc2)on1)C1CCS(=O)(=O)C1. The molecule has 1 aliphatic rings. The van der Waals surface area contributed by atoms with Gasteiger partial charge in [0.2, 0.25) is 0 Å². The molecule has 140 valence electrons. The van der Waals surface area contributed by atoms with Crippen molar-refractivity contribution in [1.29, 1.82) is 0 Å². The molecule has 7 nitrogen and oxygen atoms in total. The number of hydrogen-bond donors (Lipinski definition) is 1. The number of nitrogens with one attached hydrogen (secondary N) is 1. The van der Waals surface area contributed by atoms with E-state index in [9.17, 15) is 13.2 Å². The van der Waals surface area contributed by atoms with E-state index in [1.807, 2.05) is 38.1 Å². The molecular weight excluding hydrogens is 354 g/mol. The smallest absolute Gasteiger partial charge is 0.317 e. The number of nitrogens with zero attached hydrogens (tertiary/aromatic N) is 2. The van der Waals surface area contributed by atoms with E-state index >= 15 is 0 Å². The quantitative estimate of drug-likeness (QED) is 0.863. The molecule has 3 rings (SSSR count). The van der Waals surface area contributed by atoms with Crippen molar-refractivity contribution in [2.45, 2.75) is 32.9 Å². The molecule has 1 saturated heterocycles. The van der Waals surface area contributed by atoms with Gasteiger partial charge in [-0.05, 0) is 20.3 Å². The Balaban J connectivity index is 1.60. The second-order valence-electron chi connectivity index (χ2n) is 6.55. The van der Waals surface area contributed by atoms with Crippen LogP contribution in [0.5, 0.6) is 0 Å². The van der Waals surface area contributed by atoms with Crippen LogP contribution in [-0.2, 0) is 16.4 Å². The highest BCUT2D eigenvalue weighted by Crippen LogP contribution is 2.21. The molecule has 1 aliphatic heterocycles. The number of aromatic nitrogens is 1. The maximum Gasteiger partial charge on any atom is 0.317 e. The highest BCUT2D eigenvalue weighted by atomic mass is 32.2. The fraction of sp³-hybridized carbons (Fsp3) is 0.444. The van der Waals surface area contributed by atoms with Gasteiger partial charge in [0.15, 0.2) is 15.6 Å². The van der Waals surface area contributed by atoms with Crippen molar-refractivity contribution in [3.05, 3.63) is 41.6 Å². The van der Waals surface area contributed by atoms with Crippen LogP contribution in [0.15, 0.2) is 34.9 Å². The van der Waals surface area contributed by atoms with Crippen LogP contribution in [-0.4, -0.2) is 48.6 Å². The summed E-state index contributed by atoms with van der Waals surface area (Å²) >= 11 is 0. The van der Waals surface area contributed by atoms with Gasteiger partial charge in [0.25, 0.3) is 0 Å². The first-order valence-corrected chi connectivity index (χ1v) is 10.5. The molecule has 26 heavy (non-hydrogen) atoms. The Hall–Kier alpha value is -2.35. The maximum absolute atomic E-state index is 12.4. The first-order valence-electron chi connectivity index (χ1n) is 8.65. The lowest BCUT2D eigenvalue weighted by molar-refractivity contribution is 0.183. The fourth-order valence-corrected chi connectivity index (χ4v) is 4.84. The molecule has 1 unspecified atom stereocenters. The third-order valence-electron chi connectivity index (χ3n) is 4.57. The number of carbonyl (C=O) groups excluding carboxylic acids is 1. The number of urea groups is 1. The summed E-state index contributed by atoms with van der Waals surface area (Å²) in [5.74, 6) is 0.823. The second kappa shape index (κ2) is 7.49. The predicted octanol–water partition coefficient (Wildman–Crippen LogP) is 2.37. The molecule has 0 spiro atoms. The van der Waals surface area contributed by atoms with Crippen molar-refractivity contribution in [1.82, 2.24) is 15.4 Å². The highest BCUT2D eigenvalue weighted by molar-refractivity contribution is 7.91. The van der Waals surface area contributed by atoms with E-state index in [0.717, 1.165) is 11.1 Å². The number of benzene rings is 1. The van der Waals surface area contributed by atoms with E-state index in [1.165, 1.54) is 0 Å². The van der Waals surface area contributed by atoms with Crippen LogP contribution in [0.4, 0.5) is 4.79 Å². The van der Waals surface area contributed by atoms with E-state index in [2.05, 4.69) is 10.5 Å². The number of carbonyl (C=O) groups is 1. The summed E-state index contributed by atoms with van der Waals surface area (Å²) in [6.45, 7) is 4.54. The van der Waals surface area contributed by atoms with Gasteiger partial charge in [-0.25, -0.2) is 13.2 Å². The molecule has 1 aromatic carbocycles. The van der Waals surface area contributed by atoms with Crippen molar-refractivity contribution >= 4 is 15.9 Å². The average Bonchev–Trinajstić information content (AvgIpc) is 3.21. The largest absolute Gasteiger partial charge is 0.356 e. The van der Waals surface area contributed by atoms with Crippen LogP contribution >= 0.6 is 0 Å². The Labute approximate surface area is 153 Å². The molecule has 0 radical (unpaired) electrons. The number of rotatable bonds is 5. The third kappa shape index (κ3) is 4.24. The van der Waals surface area contributed by atoms with Gasteiger partial charge < -0.3 is 14.7 Å². The van der Waals surface area contributed by atoms with Crippen molar-refractivity contribution in [2.24, 2.45) is 0 Å². The normalized spacial score (nSPS) is 18.6. The van der Waals surface area contributed by atoms with Crippen molar-refractivity contribution in [3.8, 4) is 11.3 Å². The van der Waals surface area contributed by atoms with Crippen molar-refractivity contribution < 1.29 is 17.7 Å². The monoisotopic (exact) mass is 377 g/mol. The average molecular weight is 377 g/mol. The van der Waals surface area contributed by atoms with Gasteiger partial charge in [-0.1, -0.05) is 35.0 Å². The fourth-order valence-electron chi connectivity index (χ4n) is 3.11. The molecule has 0 aliphatic carbocycles. The molecule has 0 saturated carbocycles. The van der Waals surface area contributed by atoms with E-state index < -0.39 is 9.84 Å². The van der Waals surface area contributed by atoms with Crippen LogP contribution in [0.25, 0.3) is 11.3 Å². The molecule has 2 heterocycles. The maximum atomic E-state index is 12.4. The van der Waals surface area contributed by atoms with Gasteiger partial charge in [-0.2, -0.15) is 0 Å². The number of hydrogen-bond acceptors (Lipinski definition) is 5. The minimum absolute atomic E-state index is 0.0375. The van der Waals surface area contributed by atoms with E-state index in [4.69, 9.17) is 4.52 Å². The van der Waals surface area contributed by atoms with Crippen LogP contribution in [0.1, 0.15) is 24.6 Å². The number of aryl methyl sites for hydroxylation is 1. The predicted molar refractivity (Wildman–Crippen MR) is 98.4 cm³/mol. The minimum atomic E-state index is -3.03. The second-order valence-corrected chi connectivity index (χ2v) is 8.78. The summed E-state index contributed by atoms with van der Waals surface area (Å²) in [5, 5.41) is 6.79. The van der Waals surface area contributed by atoms with Gasteiger partial charge in [-0.15, -0.1) is 0 Å². The van der Waals surface area contributed by atoms with Gasteiger partial charge in [0.1, 0.15) is 5.69 Å². The first kappa shape index (κ1) is 18.4. The number of sulfone groups is 1. The van der Waals surface area contributed by atoms with Crippen LogP contribution in [0.2, 0.25) is 0 Å². The lowest BCUT2D eigenvalue weighted by Crippen LogP contribution is -2.46. The summed E-state index contributed by atoms with van der Waals surface area (Å²) in [4.78, 5) is 14.0. The molecule has 2 amide bonds. The minimum Gasteiger partial charge on any atom is -0.356 e. The molecule has 8 heteroatoms. The zero-order valence-electron chi connectivity index (χ0n) is 14.9. The van der Waals surface area contributed by atoms with Crippen LogP contribution in [0, 0.1) is 6.92 Å². The van der Waals surface area contributed by atoms with Gasteiger partial charge in [-0.3, -0.25) is 0 Å². The zero-order chi connectivity index (χ0) is 18.7. The zero-order valence-corrected chi connectivity index (χ0v) is 15.8. The molecule has 1 N–H and O–H groups in total. The Kier molecular flexibility index (Phi) is 5.31. The van der Waals surface area contributed by atoms with Crippen molar-refractivity contribution in [2.75, 3.05) is 18.1 Å². The molecule has 2 aromatic rings. The van der Waals surface area contributed by atoms with Gasteiger partial charge >= 0.3 is 6.03 Å². The number of amides is 2. The Morgan fingerprint density at radius 2 is 2.08 bits per heavy atom. The standard InChI is InChI=1S/C18H23N3O4S/c1-3-21(16-8-9-26(23,24)12-16)18(22)19-11-15-10-17(25-20-15)14-6-4-13(2)5-7-14/h4-7,10,16H,3,8-9,11-12H2,1-2H3,(H,19,22). The van der Waals surface area contributed by atoms with Gasteiger partial charge in [0, 0.05) is 24.2 Å². The molecule has 1 atom stereocenters. The van der Waals surface area contributed by atoms with E-state index in [0.29, 0.717) is 24.4 Å². The first-order chi connectivity index (χ1) is 12.4. The Morgan fingerprint density at radius 3 is 2.69 bits per heavy atom. The summed E-state index contributed by atoms with van der Waals surface area (Å²) in [6, 6.07) is 9.15. The third-order valence-corrected chi connectivity index (χ3v) is 6.32. The van der Waals surface area contributed by atoms with E-state index in [1.54, 1.807) is 11.0 Å². The molecule has 1 aromatic heterocycles. The lowest BCUT2D eigenvalue weighted by atomic mass is 10.1. The highest BCUT2D eigenvalue weighted by Gasteiger charge is 2.33. The van der Waals surface area contributed by atoms with E-state index in [-0.39, 0.29) is 30.1 Å². The summed E-state index contributed by atoms with van der Waals surface area (Å²) in [7, 11) is -3.03. The Bertz CT molecular complexity index is 874. The molecule has 1 fully saturated rings. The molecule has 0 bridgehead atoms. The van der Waals surface area contributed by atoms with Crippen LogP contribution in [0.3, 0.4) is 0 Å². The van der Waals surface area contributed by atoms with Gasteiger partial charge in [0.05, 0.1) is 18.1 Å². The Morgan fingerprint density at radius 1 is 1.35 bits per heavy atom. The molecular formula is C18H23N3O4S. The lowest BCUT2D eigenvalue weighted by Gasteiger charge is -2.26. The summed E-state index contributed by atoms with van der Waals surface area (Å²) in [6.07, 6.45) is 0.491. The van der Waals surface area contributed by atoms with Crippen LogP contribution < -0.4 is 5.32 Å². The topological polar surface area (TPSA) is 92.5 Å². The summed E-state index contributed by atoms with van der Waals surface area (Å²) < 4.78 is 28.6. The summed E-state index contributed by atoms with van der Waals surface area (Å²) in [5.41, 5.74) is 2.70. The van der Waals surface area contributed by atoms with Crippen molar-refractivity contribution in [3.63, 3.8) is 0 Å².